The van der Waals surface area contributed by atoms with E-state index in [-0.39, 0.29) is 17.9 Å². The van der Waals surface area contributed by atoms with Gasteiger partial charge in [-0.05, 0) is 38.4 Å². The highest BCUT2D eigenvalue weighted by Crippen LogP contribution is 2.37. The number of ether oxygens (including phenoxy) is 2. The molecule has 1 aromatic carbocycles. The molecule has 0 aliphatic carbocycles. The maximum atomic E-state index is 13.1. The van der Waals surface area contributed by atoms with Gasteiger partial charge in [0.05, 0.1) is 29.0 Å². The van der Waals surface area contributed by atoms with Crippen molar-refractivity contribution >= 4 is 16.9 Å². The van der Waals surface area contributed by atoms with Crippen LogP contribution in [0.25, 0.3) is 22.3 Å². The van der Waals surface area contributed by atoms with Crippen molar-refractivity contribution in [3.8, 4) is 17.1 Å². The average Bonchev–Trinajstić information content (AvgIpc) is 3.13. The fourth-order valence-corrected chi connectivity index (χ4v) is 4.34. The van der Waals surface area contributed by atoms with Crippen molar-refractivity contribution in [2.75, 3.05) is 21.2 Å². The van der Waals surface area contributed by atoms with E-state index in [0.717, 1.165) is 22.0 Å². The van der Waals surface area contributed by atoms with E-state index in [0.29, 0.717) is 35.6 Å². The van der Waals surface area contributed by atoms with Gasteiger partial charge in [0, 0.05) is 35.7 Å². The van der Waals surface area contributed by atoms with Crippen molar-refractivity contribution < 1.29 is 19.4 Å². The average molecular weight is 452 g/mol. The monoisotopic (exact) mass is 451 g/mol. The van der Waals surface area contributed by atoms with Crippen LogP contribution >= 0.6 is 0 Å². The fraction of sp³-hybridized carbons (Fsp3) is 0.400. The molecule has 0 fully saturated rings. The Balaban J connectivity index is 0.000000821. The minimum Gasteiger partial charge on any atom is -0.508 e. The number of esters is 1. The number of benzene rings is 1. The number of hydrogen-bond acceptors (Lipinski definition) is 7. The fourth-order valence-electron chi connectivity index (χ4n) is 4.34. The zero-order chi connectivity index (χ0) is 23.9. The van der Waals surface area contributed by atoms with Gasteiger partial charge in [-0.25, -0.2) is 9.78 Å². The molecule has 8 heteroatoms. The van der Waals surface area contributed by atoms with Gasteiger partial charge in [-0.1, -0.05) is 20.3 Å². The second kappa shape index (κ2) is 8.96. The van der Waals surface area contributed by atoms with Gasteiger partial charge in [0.2, 0.25) is 0 Å². The molecule has 3 aromatic rings. The lowest BCUT2D eigenvalue weighted by Gasteiger charge is -2.24. The Kier molecular flexibility index (Phi) is 6.23. The Morgan fingerprint density at radius 3 is 2.64 bits per heavy atom. The van der Waals surface area contributed by atoms with E-state index >= 15 is 0 Å². The second-order valence-corrected chi connectivity index (χ2v) is 8.65. The number of aromatic hydroxyl groups is 1. The van der Waals surface area contributed by atoms with Crippen LogP contribution in [0.4, 0.5) is 0 Å². The smallest absolute Gasteiger partial charge is 0.340 e. The molecule has 1 atom stereocenters. The summed E-state index contributed by atoms with van der Waals surface area (Å²) in [5, 5.41) is 11.2. The maximum absolute atomic E-state index is 13.1. The summed E-state index contributed by atoms with van der Waals surface area (Å²) in [5.41, 5.74) is 4.59. The molecule has 2 aliphatic heterocycles. The van der Waals surface area contributed by atoms with Crippen LogP contribution in [0.5, 0.6) is 5.75 Å². The van der Waals surface area contributed by atoms with E-state index in [9.17, 15) is 14.7 Å². The molecule has 5 rings (SSSR count). The first kappa shape index (κ1) is 22.9. The zero-order valence-corrected chi connectivity index (χ0v) is 19.6. The number of aromatic nitrogens is 2. The topological polar surface area (TPSA) is 93.9 Å². The van der Waals surface area contributed by atoms with E-state index in [2.05, 4.69) is 13.8 Å². The van der Waals surface area contributed by atoms with E-state index in [4.69, 9.17) is 14.5 Å². The highest BCUT2D eigenvalue weighted by atomic mass is 16.6. The van der Waals surface area contributed by atoms with Gasteiger partial charge < -0.3 is 24.0 Å². The number of phenolic OH excluding ortho intramolecular Hbond substituents is 1. The normalized spacial score (nSPS) is 16.1. The number of carbonyl (C=O) groups is 1. The minimum absolute atomic E-state index is 0.0558. The van der Waals surface area contributed by atoms with E-state index in [1.165, 1.54) is 13.5 Å². The van der Waals surface area contributed by atoms with Crippen molar-refractivity contribution in [3.05, 3.63) is 56.9 Å². The summed E-state index contributed by atoms with van der Waals surface area (Å²) >= 11 is 0. The third-order valence-electron chi connectivity index (χ3n) is 5.74. The Morgan fingerprint density at radius 1 is 1.24 bits per heavy atom. The lowest BCUT2D eigenvalue weighted by molar-refractivity contribution is -0.159. The molecule has 2 aromatic heterocycles. The predicted octanol–water partition coefficient (Wildman–Crippen LogP) is 3.35. The molecule has 0 radical (unpaired) electrons. The molecule has 0 spiro atoms. The number of carbonyl (C=O) groups excluding carboxylic acids is 1. The van der Waals surface area contributed by atoms with Gasteiger partial charge in [-0.15, -0.1) is 0 Å². The van der Waals surface area contributed by atoms with Gasteiger partial charge >= 0.3 is 5.97 Å². The number of methoxy groups -OCH3 is 1. The predicted molar refractivity (Wildman–Crippen MR) is 125 cm³/mol. The number of rotatable bonds is 3. The zero-order valence-electron chi connectivity index (χ0n) is 19.6. The largest absolute Gasteiger partial charge is 0.508 e. The van der Waals surface area contributed by atoms with Gasteiger partial charge in [0.25, 0.3) is 5.56 Å². The SMILES string of the molecule is CCC.COC1C(=O)OCc2c1cc1n(c2=O)Cc2cc3c(CN(C)C)c(O)ccc3nc2-1. The Bertz CT molecular complexity index is 1300. The van der Waals surface area contributed by atoms with Crippen molar-refractivity contribution in [2.24, 2.45) is 0 Å². The van der Waals surface area contributed by atoms with Gasteiger partial charge in [0.1, 0.15) is 12.4 Å². The molecule has 0 amide bonds. The highest BCUT2D eigenvalue weighted by molar-refractivity contribution is 5.88. The molecule has 174 valence electrons. The van der Waals surface area contributed by atoms with Gasteiger partial charge in [0.15, 0.2) is 6.10 Å². The molecular formula is C25H29N3O5. The third kappa shape index (κ3) is 3.89. The standard InChI is InChI=1S/C22H21N3O5.C3H8/c1-24(2)9-14-12-6-11-8-25-17(19(11)23-16(12)4-5-18(14)26)7-13-15(21(25)27)10-30-22(28)20(13)29-3;1-3-2/h4-7,20,26H,8-10H2,1-3H3;3H2,1-2H3. The van der Waals surface area contributed by atoms with Crippen molar-refractivity contribution in [3.63, 3.8) is 0 Å². The number of cyclic esters (lactones) is 1. The van der Waals surface area contributed by atoms with E-state index < -0.39 is 12.1 Å². The first-order valence-electron chi connectivity index (χ1n) is 11.1. The summed E-state index contributed by atoms with van der Waals surface area (Å²) in [7, 11) is 5.30. The lowest BCUT2D eigenvalue weighted by atomic mass is 9.99. The molecule has 1 unspecified atom stereocenters. The van der Waals surface area contributed by atoms with Crippen LogP contribution in [0.2, 0.25) is 0 Å². The summed E-state index contributed by atoms with van der Waals surface area (Å²) in [6.45, 7) is 5.14. The van der Waals surface area contributed by atoms with Crippen LogP contribution in [-0.2, 0) is 34.0 Å². The molecule has 0 bridgehead atoms. The summed E-state index contributed by atoms with van der Waals surface area (Å²) in [6, 6.07) is 7.24. The summed E-state index contributed by atoms with van der Waals surface area (Å²) in [6.07, 6.45) is 0.334. The first-order chi connectivity index (χ1) is 15.8. The molecule has 8 nitrogen and oxygen atoms in total. The Labute approximate surface area is 192 Å². The maximum Gasteiger partial charge on any atom is 0.340 e. The molecular weight excluding hydrogens is 422 g/mol. The molecule has 0 saturated carbocycles. The van der Waals surface area contributed by atoms with Crippen molar-refractivity contribution in [1.29, 1.82) is 0 Å². The van der Waals surface area contributed by atoms with Crippen molar-refractivity contribution in [1.82, 2.24) is 14.5 Å². The van der Waals surface area contributed by atoms with Crippen LogP contribution in [0.3, 0.4) is 0 Å². The van der Waals surface area contributed by atoms with Crippen LogP contribution in [-0.4, -0.2) is 46.7 Å². The van der Waals surface area contributed by atoms with Crippen molar-refractivity contribution in [2.45, 2.75) is 46.1 Å². The Morgan fingerprint density at radius 2 is 1.97 bits per heavy atom. The van der Waals surface area contributed by atoms with E-state index in [1.54, 1.807) is 16.7 Å². The number of phenols is 1. The van der Waals surface area contributed by atoms with Gasteiger partial charge in [-0.3, -0.25) is 4.79 Å². The van der Waals surface area contributed by atoms with E-state index in [1.807, 2.05) is 31.1 Å². The number of nitrogens with zero attached hydrogens (tertiary/aromatic N) is 3. The summed E-state index contributed by atoms with van der Waals surface area (Å²) in [5.74, 6) is -0.275. The van der Waals surface area contributed by atoms with Crippen LogP contribution < -0.4 is 5.56 Å². The first-order valence-corrected chi connectivity index (χ1v) is 11.1. The minimum atomic E-state index is -0.916. The molecule has 33 heavy (non-hydrogen) atoms. The van der Waals surface area contributed by atoms with Crippen LogP contribution in [0, 0.1) is 0 Å². The number of fused-ring (bicyclic) bond motifs is 5. The van der Waals surface area contributed by atoms with Crippen LogP contribution in [0.1, 0.15) is 48.6 Å². The molecule has 4 heterocycles. The van der Waals surface area contributed by atoms with Gasteiger partial charge in [-0.2, -0.15) is 0 Å². The lowest BCUT2D eigenvalue weighted by Crippen LogP contribution is -2.33. The third-order valence-corrected chi connectivity index (χ3v) is 5.74. The van der Waals surface area contributed by atoms with Crippen LogP contribution in [0.15, 0.2) is 29.1 Å². The second-order valence-electron chi connectivity index (χ2n) is 8.65. The Hall–Kier alpha value is -3.23. The molecule has 2 aliphatic rings. The highest BCUT2D eigenvalue weighted by Gasteiger charge is 2.35. The number of pyridine rings is 2. The summed E-state index contributed by atoms with van der Waals surface area (Å²) < 4.78 is 12.1. The number of hydrogen-bond donors (Lipinski definition) is 1. The molecule has 0 saturated heterocycles. The summed E-state index contributed by atoms with van der Waals surface area (Å²) in [4.78, 5) is 32.0. The quantitative estimate of drug-likeness (QED) is 0.478. The molecule has 1 N–H and O–H groups in total.